The van der Waals surface area contributed by atoms with Crippen molar-refractivity contribution >= 4 is 51.0 Å². The second kappa shape index (κ2) is 9.55. The van der Waals surface area contributed by atoms with Crippen molar-refractivity contribution in [3.05, 3.63) is 92.5 Å². The van der Waals surface area contributed by atoms with Gasteiger partial charge in [0.1, 0.15) is 24.4 Å². The van der Waals surface area contributed by atoms with Gasteiger partial charge in [0, 0.05) is 20.1 Å². The lowest BCUT2D eigenvalue weighted by Crippen LogP contribution is -2.12. The van der Waals surface area contributed by atoms with Gasteiger partial charge in [0.2, 0.25) is 5.95 Å². The third-order valence-corrected chi connectivity index (χ3v) is 5.46. The molecule has 1 amide bonds. The Bertz CT molecular complexity index is 1190. The van der Waals surface area contributed by atoms with Crippen LogP contribution < -0.4 is 10.1 Å². The van der Waals surface area contributed by atoms with Crippen molar-refractivity contribution in [2.75, 3.05) is 5.32 Å². The second-order valence-electron chi connectivity index (χ2n) is 6.43. The number of rotatable bonds is 7. The van der Waals surface area contributed by atoms with Crippen molar-refractivity contribution in [1.29, 1.82) is 0 Å². The number of anilines is 1. The highest BCUT2D eigenvalue weighted by Crippen LogP contribution is 2.25. The lowest BCUT2D eigenvalue weighted by atomic mass is 10.2. The van der Waals surface area contributed by atoms with Gasteiger partial charge in [0.25, 0.3) is 5.91 Å². The van der Waals surface area contributed by atoms with Crippen LogP contribution in [0, 0.1) is 0 Å². The summed E-state index contributed by atoms with van der Waals surface area (Å²) >= 11 is 15.7. The number of carbonyl (C=O) groups excluding carboxylic acids is 1. The van der Waals surface area contributed by atoms with Crippen LogP contribution in [-0.2, 0) is 13.2 Å². The quantitative estimate of drug-likeness (QED) is 0.331. The Morgan fingerprint density at radius 1 is 1.10 bits per heavy atom. The molecule has 0 saturated heterocycles. The van der Waals surface area contributed by atoms with Crippen LogP contribution in [0.5, 0.6) is 5.75 Å². The van der Waals surface area contributed by atoms with Crippen LogP contribution in [0.1, 0.15) is 21.9 Å². The van der Waals surface area contributed by atoms with Gasteiger partial charge in [-0.05, 0) is 48.5 Å². The fraction of sp³-hybridized carbons (Fsp3) is 0.0952. The van der Waals surface area contributed by atoms with E-state index in [1.807, 2.05) is 24.3 Å². The SMILES string of the molecule is O=C(Nc1ncn(Cc2c(Cl)cccc2Cl)n1)c1ccc(COc2ccc(Br)cc2)o1. The molecule has 0 fully saturated rings. The molecule has 158 valence electrons. The molecule has 2 heterocycles. The average Bonchev–Trinajstić information content (AvgIpc) is 3.40. The first kappa shape index (κ1) is 21.4. The zero-order valence-corrected chi connectivity index (χ0v) is 19.0. The molecule has 0 bridgehead atoms. The molecule has 0 radical (unpaired) electrons. The normalized spacial score (nSPS) is 10.8. The van der Waals surface area contributed by atoms with Crippen molar-refractivity contribution in [3.63, 3.8) is 0 Å². The number of furan rings is 1. The molecule has 0 atom stereocenters. The predicted octanol–water partition coefficient (Wildman–Crippen LogP) is 5.82. The molecular weight excluding hydrogens is 507 g/mol. The fourth-order valence-electron chi connectivity index (χ4n) is 2.70. The Morgan fingerprint density at radius 3 is 2.58 bits per heavy atom. The first-order valence-corrected chi connectivity index (χ1v) is 10.6. The van der Waals surface area contributed by atoms with Gasteiger partial charge >= 0.3 is 0 Å². The smallest absolute Gasteiger partial charge is 0.293 e. The Labute approximate surface area is 196 Å². The van der Waals surface area contributed by atoms with E-state index in [9.17, 15) is 4.79 Å². The summed E-state index contributed by atoms with van der Waals surface area (Å²) in [6, 6.07) is 15.9. The van der Waals surface area contributed by atoms with Crippen molar-refractivity contribution < 1.29 is 13.9 Å². The van der Waals surface area contributed by atoms with Crippen LogP contribution in [0.3, 0.4) is 0 Å². The Balaban J connectivity index is 1.35. The molecule has 7 nitrogen and oxygen atoms in total. The van der Waals surface area contributed by atoms with E-state index in [-0.39, 0.29) is 18.3 Å². The number of amides is 1. The largest absolute Gasteiger partial charge is 0.486 e. The van der Waals surface area contributed by atoms with Gasteiger partial charge in [-0.2, -0.15) is 0 Å². The molecule has 2 aromatic heterocycles. The van der Waals surface area contributed by atoms with Gasteiger partial charge in [0.15, 0.2) is 5.76 Å². The highest BCUT2D eigenvalue weighted by molar-refractivity contribution is 9.10. The molecule has 4 aromatic rings. The zero-order chi connectivity index (χ0) is 21.8. The number of ether oxygens (including phenoxy) is 1. The molecule has 0 aliphatic rings. The first-order chi connectivity index (χ1) is 15.0. The average molecular weight is 522 g/mol. The molecule has 4 rings (SSSR count). The molecule has 0 aliphatic heterocycles. The van der Waals surface area contributed by atoms with Gasteiger partial charge in [0.05, 0.1) is 6.54 Å². The summed E-state index contributed by atoms with van der Waals surface area (Å²) in [5.41, 5.74) is 0.718. The number of nitrogens with one attached hydrogen (secondary N) is 1. The predicted molar refractivity (Wildman–Crippen MR) is 121 cm³/mol. The van der Waals surface area contributed by atoms with Gasteiger partial charge in [-0.25, -0.2) is 9.67 Å². The van der Waals surface area contributed by atoms with E-state index in [0.29, 0.717) is 28.1 Å². The van der Waals surface area contributed by atoms with E-state index < -0.39 is 5.91 Å². The summed E-state index contributed by atoms with van der Waals surface area (Å²) in [5.74, 6) is 0.999. The molecule has 0 aliphatic carbocycles. The van der Waals surface area contributed by atoms with Crippen LogP contribution in [0.4, 0.5) is 5.95 Å². The molecule has 10 heteroatoms. The zero-order valence-electron chi connectivity index (χ0n) is 15.9. The van der Waals surface area contributed by atoms with Crippen LogP contribution in [0.25, 0.3) is 0 Å². The first-order valence-electron chi connectivity index (χ1n) is 9.09. The molecule has 0 spiro atoms. The van der Waals surface area contributed by atoms with Gasteiger partial charge in [-0.3, -0.25) is 10.1 Å². The van der Waals surface area contributed by atoms with E-state index in [1.165, 1.54) is 11.0 Å². The van der Waals surface area contributed by atoms with Crippen molar-refractivity contribution in [2.45, 2.75) is 13.2 Å². The van der Waals surface area contributed by atoms with E-state index in [4.69, 9.17) is 32.4 Å². The number of hydrogen-bond acceptors (Lipinski definition) is 5. The summed E-state index contributed by atoms with van der Waals surface area (Å²) in [7, 11) is 0. The molecule has 31 heavy (non-hydrogen) atoms. The maximum absolute atomic E-state index is 12.4. The number of carbonyl (C=O) groups is 1. The van der Waals surface area contributed by atoms with E-state index in [1.54, 1.807) is 30.3 Å². The summed E-state index contributed by atoms with van der Waals surface area (Å²) in [6.07, 6.45) is 1.48. The summed E-state index contributed by atoms with van der Waals surface area (Å²) in [5, 5.41) is 7.89. The highest BCUT2D eigenvalue weighted by Gasteiger charge is 2.15. The second-order valence-corrected chi connectivity index (χ2v) is 8.16. The van der Waals surface area contributed by atoms with E-state index >= 15 is 0 Å². The molecule has 2 aromatic carbocycles. The molecular formula is C21H15BrCl2N4O3. The van der Waals surface area contributed by atoms with Crippen molar-refractivity contribution in [1.82, 2.24) is 14.8 Å². The Hall–Kier alpha value is -2.81. The number of halogens is 3. The number of nitrogens with zero attached hydrogens (tertiary/aromatic N) is 3. The Morgan fingerprint density at radius 2 is 1.84 bits per heavy atom. The third kappa shape index (κ3) is 5.46. The molecule has 1 N–H and O–H groups in total. The minimum Gasteiger partial charge on any atom is -0.486 e. The summed E-state index contributed by atoms with van der Waals surface area (Å²) in [6.45, 7) is 0.514. The van der Waals surface area contributed by atoms with Crippen LogP contribution in [0.15, 0.2) is 69.8 Å². The Kier molecular flexibility index (Phi) is 6.60. The highest BCUT2D eigenvalue weighted by atomic mass is 79.9. The van der Waals surface area contributed by atoms with Crippen molar-refractivity contribution in [2.24, 2.45) is 0 Å². The van der Waals surface area contributed by atoms with Crippen LogP contribution >= 0.6 is 39.1 Å². The number of hydrogen-bond donors (Lipinski definition) is 1. The third-order valence-electron chi connectivity index (χ3n) is 4.22. The summed E-state index contributed by atoms with van der Waals surface area (Å²) < 4.78 is 13.7. The summed E-state index contributed by atoms with van der Waals surface area (Å²) in [4.78, 5) is 16.5. The minimum absolute atomic E-state index is 0.125. The lowest BCUT2D eigenvalue weighted by molar-refractivity contribution is 0.0991. The van der Waals surface area contributed by atoms with Gasteiger partial charge in [-0.1, -0.05) is 45.2 Å². The molecule has 0 unspecified atom stereocenters. The maximum atomic E-state index is 12.4. The maximum Gasteiger partial charge on any atom is 0.293 e. The van der Waals surface area contributed by atoms with E-state index in [0.717, 1.165) is 10.0 Å². The number of aromatic nitrogens is 3. The monoisotopic (exact) mass is 520 g/mol. The topological polar surface area (TPSA) is 82.2 Å². The van der Waals surface area contributed by atoms with Gasteiger partial charge < -0.3 is 9.15 Å². The van der Waals surface area contributed by atoms with Crippen LogP contribution in [0.2, 0.25) is 10.0 Å². The minimum atomic E-state index is -0.469. The molecule has 0 saturated carbocycles. The lowest BCUT2D eigenvalue weighted by Gasteiger charge is -2.06. The van der Waals surface area contributed by atoms with E-state index in [2.05, 4.69) is 31.3 Å². The fourth-order valence-corrected chi connectivity index (χ4v) is 3.48. The van der Waals surface area contributed by atoms with Gasteiger partial charge in [-0.15, -0.1) is 5.10 Å². The van der Waals surface area contributed by atoms with Crippen LogP contribution in [-0.4, -0.2) is 20.7 Å². The van der Waals surface area contributed by atoms with Crippen molar-refractivity contribution in [3.8, 4) is 5.75 Å². The number of benzene rings is 2. The standard InChI is InChI=1S/C21H15BrCl2N4O3/c22-13-4-6-14(7-5-13)30-11-15-8-9-19(31-15)20(29)26-21-25-12-28(27-21)10-16-17(23)2-1-3-18(16)24/h1-9,12H,10-11H2,(H,26,27,29).